The molecule has 208 valence electrons. The number of benzene rings is 2. The maximum Gasteiger partial charge on any atom is 0.303 e. The third kappa shape index (κ3) is 7.48. The number of aliphatic hydroxyl groups excluding tert-OH is 1. The minimum Gasteiger partial charge on any atom is -0.491 e. The molecule has 0 heterocycles. The SMILES string of the molecule is CCC(CC)(c1ccc(C=CC2(O)CCCCC2)c(C)c1)c1ccc(OC[C@H](O)CCCC(=O)O)c(C)c1. The number of aliphatic hydroxyl groups is 2. The predicted octanol–water partition coefficient (Wildman–Crippen LogP) is 7.11. The van der Waals surface area contributed by atoms with E-state index in [2.05, 4.69) is 57.2 Å². The van der Waals surface area contributed by atoms with Crippen LogP contribution in [0.15, 0.2) is 42.5 Å². The molecule has 1 fully saturated rings. The van der Waals surface area contributed by atoms with Crippen molar-refractivity contribution in [1.29, 1.82) is 0 Å². The van der Waals surface area contributed by atoms with Crippen LogP contribution in [0.2, 0.25) is 0 Å². The van der Waals surface area contributed by atoms with Crippen LogP contribution in [0.5, 0.6) is 5.75 Å². The van der Waals surface area contributed by atoms with Gasteiger partial charge in [0.05, 0.1) is 11.7 Å². The van der Waals surface area contributed by atoms with Gasteiger partial charge in [0.25, 0.3) is 0 Å². The van der Waals surface area contributed by atoms with Gasteiger partial charge in [-0.25, -0.2) is 0 Å². The molecule has 0 spiro atoms. The minimum atomic E-state index is -0.848. The Morgan fingerprint density at radius 1 is 1.03 bits per heavy atom. The third-order valence-corrected chi connectivity index (χ3v) is 8.41. The Hall–Kier alpha value is -2.63. The van der Waals surface area contributed by atoms with Crippen LogP contribution < -0.4 is 4.74 Å². The second-order valence-corrected chi connectivity index (χ2v) is 11.1. The monoisotopic (exact) mass is 522 g/mol. The highest BCUT2D eigenvalue weighted by molar-refractivity contribution is 5.66. The predicted molar refractivity (Wildman–Crippen MR) is 154 cm³/mol. The summed E-state index contributed by atoms with van der Waals surface area (Å²) in [6.07, 6.45) is 11.3. The molecule has 0 amide bonds. The molecule has 0 unspecified atom stereocenters. The standard InChI is InChI=1S/C33H46O5/c1-5-33(6-2,27-14-13-26(24(3)21-27)17-20-32(37)18-8-7-9-19-32)28-15-16-30(25(4)22-28)38-23-29(34)11-10-12-31(35)36/h13-17,20-22,29,34,37H,5-12,18-19,23H2,1-4H3,(H,35,36)/t29-/m1/s1. The summed E-state index contributed by atoms with van der Waals surface area (Å²) in [4.78, 5) is 10.7. The van der Waals surface area contributed by atoms with Gasteiger partial charge < -0.3 is 20.1 Å². The van der Waals surface area contributed by atoms with Gasteiger partial charge in [0.2, 0.25) is 0 Å². The first-order chi connectivity index (χ1) is 18.1. The lowest BCUT2D eigenvalue weighted by Gasteiger charge is -2.34. The number of rotatable bonds is 13. The maximum absolute atomic E-state index is 10.9. The summed E-state index contributed by atoms with van der Waals surface area (Å²) in [5.41, 5.74) is 5.10. The highest BCUT2D eigenvalue weighted by Gasteiger charge is 2.31. The molecule has 38 heavy (non-hydrogen) atoms. The zero-order chi connectivity index (χ0) is 27.8. The van der Waals surface area contributed by atoms with E-state index in [-0.39, 0.29) is 18.4 Å². The molecule has 1 aliphatic rings. The zero-order valence-electron chi connectivity index (χ0n) is 23.6. The van der Waals surface area contributed by atoms with Gasteiger partial charge in [0, 0.05) is 11.8 Å². The van der Waals surface area contributed by atoms with Gasteiger partial charge in [0.15, 0.2) is 0 Å². The van der Waals surface area contributed by atoms with E-state index in [0.29, 0.717) is 12.8 Å². The van der Waals surface area contributed by atoms with Crippen LogP contribution in [-0.4, -0.2) is 39.6 Å². The first-order valence-corrected chi connectivity index (χ1v) is 14.3. The van der Waals surface area contributed by atoms with E-state index in [0.717, 1.165) is 55.4 Å². The molecule has 0 aromatic heterocycles. The Bertz CT molecular complexity index is 1090. The van der Waals surface area contributed by atoms with Crippen molar-refractivity contribution in [2.45, 2.75) is 109 Å². The summed E-state index contributed by atoms with van der Waals surface area (Å²) < 4.78 is 5.89. The van der Waals surface area contributed by atoms with Gasteiger partial charge in [-0.2, -0.15) is 0 Å². The van der Waals surface area contributed by atoms with E-state index < -0.39 is 17.7 Å². The van der Waals surface area contributed by atoms with Gasteiger partial charge in [-0.3, -0.25) is 4.79 Å². The van der Waals surface area contributed by atoms with Gasteiger partial charge in [-0.15, -0.1) is 0 Å². The van der Waals surface area contributed by atoms with Gasteiger partial charge in [0.1, 0.15) is 12.4 Å². The molecule has 0 aliphatic heterocycles. The molecular weight excluding hydrogens is 476 g/mol. The van der Waals surface area contributed by atoms with E-state index in [9.17, 15) is 15.0 Å². The molecule has 3 N–H and O–H groups in total. The van der Waals surface area contributed by atoms with Gasteiger partial charge in [-0.05, 0) is 86.3 Å². The summed E-state index contributed by atoms with van der Waals surface area (Å²) in [6, 6.07) is 13.0. The van der Waals surface area contributed by atoms with Crippen molar-refractivity contribution in [3.63, 3.8) is 0 Å². The number of ether oxygens (including phenoxy) is 1. The van der Waals surface area contributed by atoms with Crippen molar-refractivity contribution in [1.82, 2.24) is 0 Å². The average molecular weight is 523 g/mol. The second kappa shape index (κ2) is 13.4. The summed E-state index contributed by atoms with van der Waals surface area (Å²) in [7, 11) is 0. The Labute approximate surface area is 228 Å². The number of carboxylic acid groups (broad SMARTS) is 1. The molecule has 0 radical (unpaired) electrons. The lowest BCUT2D eigenvalue weighted by Crippen LogP contribution is -2.28. The zero-order valence-corrected chi connectivity index (χ0v) is 23.6. The van der Waals surface area contributed by atoms with Crippen molar-refractivity contribution in [2.75, 3.05) is 6.61 Å². The van der Waals surface area contributed by atoms with Crippen LogP contribution in [0.4, 0.5) is 0 Å². The fourth-order valence-electron chi connectivity index (χ4n) is 5.84. The number of aryl methyl sites for hydroxylation is 2. The summed E-state index contributed by atoms with van der Waals surface area (Å²) in [5.74, 6) is -0.108. The number of carbonyl (C=O) groups is 1. The molecule has 1 atom stereocenters. The van der Waals surface area contributed by atoms with Crippen molar-refractivity contribution in [3.05, 3.63) is 70.3 Å². The number of carboxylic acids is 1. The van der Waals surface area contributed by atoms with Crippen LogP contribution in [0.3, 0.4) is 0 Å². The largest absolute Gasteiger partial charge is 0.491 e. The maximum atomic E-state index is 10.9. The van der Waals surface area contributed by atoms with E-state index in [4.69, 9.17) is 9.84 Å². The highest BCUT2D eigenvalue weighted by Crippen LogP contribution is 2.41. The van der Waals surface area contributed by atoms with E-state index in [1.54, 1.807) is 0 Å². The summed E-state index contributed by atoms with van der Waals surface area (Å²) in [6.45, 7) is 8.79. The number of hydrogen-bond acceptors (Lipinski definition) is 4. The topological polar surface area (TPSA) is 87.0 Å². The van der Waals surface area contributed by atoms with E-state index >= 15 is 0 Å². The average Bonchev–Trinajstić information content (AvgIpc) is 2.89. The Morgan fingerprint density at radius 2 is 1.66 bits per heavy atom. The quantitative estimate of drug-likeness (QED) is 0.261. The lowest BCUT2D eigenvalue weighted by molar-refractivity contribution is -0.137. The Balaban J connectivity index is 1.77. The minimum absolute atomic E-state index is 0.0554. The van der Waals surface area contributed by atoms with Crippen molar-refractivity contribution in [2.24, 2.45) is 0 Å². The second-order valence-electron chi connectivity index (χ2n) is 11.1. The number of hydrogen-bond donors (Lipinski definition) is 3. The lowest BCUT2D eigenvalue weighted by atomic mass is 9.70. The molecular formula is C33H46O5. The van der Waals surface area contributed by atoms with Crippen LogP contribution in [0.1, 0.15) is 106 Å². The van der Waals surface area contributed by atoms with Crippen LogP contribution in [0, 0.1) is 13.8 Å². The third-order valence-electron chi connectivity index (χ3n) is 8.41. The molecule has 5 heteroatoms. The van der Waals surface area contributed by atoms with Gasteiger partial charge >= 0.3 is 5.97 Å². The normalized spacial score (nSPS) is 16.5. The fraction of sp³-hybridized carbons (Fsp3) is 0.545. The Kier molecular flexibility index (Phi) is 10.6. The van der Waals surface area contributed by atoms with Crippen LogP contribution in [-0.2, 0) is 10.2 Å². The van der Waals surface area contributed by atoms with E-state index in [1.165, 1.54) is 23.1 Å². The van der Waals surface area contributed by atoms with E-state index in [1.807, 2.05) is 19.1 Å². The number of aliphatic carboxylic acids is 1. The van der Waals surface area contributed by atoms with Crippen LogP contribution in [0.25, 0.3) is 6.08 Å². The molecule has 0 saturated heterocycles. The first-order valence-electron chi connectivity index (χ1n) is 14.3. The highest BCUT2D eigenvalue weighted by atomic mass is 16.5. The molecule has 0 bridgehead atoms. The fourth-order valence-corrected chi connectivity index (χ4v) is 5.84. The van der Waals surface area contributed by atoms with Crippen LogP contribution >= 0.6 is 0 Å². The Morgan fingerprint density at radius 3 is 2.24 bits per heavy atom. The molecule has 5 nitrogen and oxygen atoms in total. The van der Waals surface area contributed by atoms with Crippen molar-refractivity contribution >= 4 is 12.0 Å². The first kappa shape index (κ1) is 29.9. The van der Waals surface area contributed by atoms with Crippen molar-refractivity contribution in [3.8, 4) is 5.75 Å². The summed E-state index contributed by atoms with van der Waals surface area (Å²) in [5, 5.41) is 29.8. The smallest absolute Gasteiger partial charge is 0.303 e. The van der Waals surface area contributed by atoms with Crippen molar-refractivity contribution < 1.29 is 24.9 Å². The van der Waals surface area contributed by atoms with Gasteiger partial charge in [-0.1, -0.05) is 75.6 Å². The molecule has 1 aliphatic carbocycles. The molecule has 2 aromatic carbocycles. The summed E-state index contributed by atoms with van der Waals surface area (Å²) >= 11 is 0. The molecule has 3 rings (SSSR count). The molecule has 1 saturated carbocycles. The molecule has 2 aromatic rings.